The molecule has 0 saturated carbocycles. The van der Waals surface area contributed by atoms with Crippen LogP contribution in [0, 0.1) is 0 Å². The predicted octanol–water partition coefficient (Wildman–Crippen LogP) is 4.03. The van der Waals surface area contributed by atoms with Crippen molar-refractivity contribution in [1.29, 1.82) is 0 Å². The lowest BCUT2D eigenvalue weighted by Crippen LogP contribution is -2.52. The summed E-state index contributed by atoms with van der Waals surface area (Å²) in [6.07, 6.45) is 1.37. The number of aliphatic hydroxyl groups is 1. The zero-order valence-electron chi connectivity index (χ0n) is 25.1. The van der Waals surface area contributed by atoms with Crippen LogP contribution in [0.1, 0.15) is 51.7 Å². The molecule has 4 N–H and O–H groups in total. The molecule has 0 radical (unpaired) electrons. The number of tetrazole rings is 1. The Balaban J connectivity index is 1.33. The highest BCUT2D eigenvalue weighted by Gasteiger charge is 2.33. The van der Waals surface area contributed by atoms with Crippen LogP contribution < -0.4 is 15.5 Å². The van der Waals surface area contributed by atoms with Crippen LogP contribution in [0.5, 0.6) is 0 Å². The molecule has 2 heterocycles. The summed E-state index contributed by atoms with van der Waals surface area (Å²) in [4.78, 5) is 28.9. The molecule has 0 saturated heterocycles. The first-order chi connectivity index (χ1) is 20.5. The minimum Gasteiger partial charge on any atom is -0.389 e. The zero-order chi connectivity index (χ0) is 30.6. The van der Waals surface area contributed by atoms with E-state index in [9.17, 15) is 14.7 Å². The average molecular weight is 582 g/mol. The second-order valence-corrected chi connectivity index (χ2v) is 12.4. The topological polar surface area (TPSA) is 136 Å². The van der Waals surface area contributed by atoms with Crippen molar-refractivity contribution < 1.29 is 14.7 Å². The second kappa shape index (κ2) is 12.4. The summed E-state index contributed by atoms with van der Waals surface area (Å²) in [5, 5.41) is 30.7. The normalized spacial score (nSPS) is 15.6. The number of nitrogens with zero attached hydrogens (tertiary/aromatic N) is 4. The molecule has 10 nitrogen and oxygen atoms in total. The summed E-state index contributed by atoms with van der Waals surface area (Å²) in [7, 11) is 0. The summed E-state index contributed by atoms with van der Waals surface area (Å²) >= 11 is 0. The van der Waals surface area contributed by atoms with Crippen molar-refractivity contribution in [2.45, 2.75) is 70.7 Å². The van der Waals surface area contributed by atoms with E-state index in [1.54, 1.807) is 18.7 Å². The van der Waals surface area contributed by atoms with Crippen molar-refractivity contribution in [2.75, 3.05) is 11.4 Å². The molecule has 5 rings (SSSR count). The third-order valence-electron chi connectivity index (χ3n) is 7.62. The molecule has 2 amide bonds. The highest BCUT2D eigenvalue weighted by molar-refractivity contribution is 6.00. The van der Waals surface area contributed by atoms with Crippen molar-refractivity contribution in [1.82, 2.24) is 31.3 Å². The number of amides is 2. The lowest BCUT2D eigenvalue weighted by molar-refractivity contribution is -0.128. The Morgan fingerprint density at radius 1 is 1.00 bits per heavy atom. The fourth-order valence-corrected chi connectivity index (χ4v) is 5.36. The van der Waals surface area contributed by atoms with E-state index in [0.717, 1.165) is 33.5 Å². The molecule has 1 aliphatic heterocycles. The van der Waals surface area contributed by atoms with Crippen LogP contribution >= 0.6 is 0 Å². The van der Waals surface area contributed by atoms with Crippen LogP contribution in [0.3, 0.4) is 0 Å². The largest absolute Gasteiger partial charge is 0.389 e. The van der Waals surface area contributed by atoms with Crippen molar-refractivity contribution in [3.05, 3.63) is 83.9 Å². The highest BCUT2D eigenvalue weighted by atomic mass is 16.3. The van der Waals surface area contributed by atoms with Crippen LogP contribution in [0.4, 0.5) is 5.69 Å². The van der Waals surface area contributed by atoms with Gasteiger partial charge in [0, 0.05) is 29.8 Å². The Bertz CT molecular complexity index is 1560. The molecule has 4 aromatic rings. The number of β-amino-alcohol motifs (C(OH)–C–C–N with tert-alkyl or cyclic N) is 1. The number of benzene rings is 3. The van der Waals surface area contributed by atoms with Crippen LogP contribution in [0.15, 0.2) is 72.8 Å². The number of nitrogens with one attached hydrogen (secondary N) is 3. The van der Waals surface area contributed by atoms with Crippen molar-refractivity contribution in [3.8, 4) is 22.5 Å². The van der Waals surface area contributed by atoms with Gasteiger partial charge in [0.15, 0.2) is 5.82 Å². The molecule has 3 aromatic carbocycles. The standard InChI is InChI=1S/C33H39N7O3/c1-32(2,34-21-33(3,4)43)19-29(41)35-27-18-17-24-9-5-8-12-28(24)40(31(27)42)20-22-13-15-23(16-14-22)25-10-6-7-11-26(25)30-36-38-39-37-30/h5-16,27,34,43H,17-21H2,1-4H3,(H,35,41)(H,36,37,38,39)/t27-/m1/s1. The minimum atomic E-state index is -0.896. The Morgan fingerprint density at radius 2 is 1.70 bits per heavy atom. The molecule has 0 spiro atoms. The molecular weight excluding hydrogens is 542 g/mol. The van der Waals surface area contributed by atoms with Gasteiger partial charge in [-0.1, -0.05) is 66.7 Å². The van der Waals surface area contributed by atoms with E-state index in [2.05, 4.69) is 31.3 Å². The van der Waals surface area contributed by atoms with E-state index in [4.69, 9.17) is 0 Å². The van der Waals surface area contributed by atoms with Gasteiger partial charge in [0.2, 0.25) is 11.8 Å². The minimum absolute atomic E-state index is 0.132. The maximum absolute atomic E-state index is 14.0. The summed E-state index contributed by atoms with van der Waals surface area (Å²) in [6.45, 7) is 7.99. The number of aromatic nitrogens is 4. The SMILES string of the molecule is CC(C)(O)CNC(C)(C)CC(=O)N[C@@H]1CCc2ccccc2N(Cc2ccc(-c3ccccc3-c3nnn[nH]3)cc2)C1=O. The number of hydrogen-bond acceptors (Lipinski definition) is 7. The first-order valence-electron chi connectivity index (χ1n) is 14.6. The summed E-state index contributed by atoms with van der Waals surface area (Å²) in [5.41, 5.74) is 4.35. The van der Waals surface area contributed by atoms with Gasteiger partial charge < -0.3 is 20.6 Å². The molecule has 0 fully saturated rings. The first-order valence-corrected chi connectivity index (χ1v) is 14.6. The van der Waals surface area contributed by atoms with Gasteiger partial charge in [-0.3, -0.25) is 9.59 Å². The molecule has 1 aromatic heterocycles. The molecule has 43 heavy (non-hydrogen) atoms. The van der Waals surface area contributed by atoms with Gasteiger partial charge in [-0.15, -0.1) is 5.10 Å². The second-order valence-electron chi connectivity index (χ2n) is 12.4. The predicted molar refractivity (Wildman–Crippen MR) is 166 cm³/mol. The molecule has 224 valence electrons. The Hall–Kier alpha value is -4.41. The van der Waals surface area contributed by atoms with Gasteiger partial charge in [-0.2, -0.15) is 0 Å². The van der Waals surface area contributed by atoms with Crippen LogP contribution in [0.25, 0.3) is 22.5 Å². The monoisotopic (exact) mass is 581 g/mol. The van der Waals surface area contributed by atoms with Gasteiger partial charge in [0.1, 0.15) is 6.04 Å². The van der Waals surface area contributed by atoms with Gasteiger partial charge in [-0.25, -0.2) is 5.10 Å². The molecular formula is C33H39N7O3. The number of para-hydroxylation sites is 1. The first kappa shape index (κ1) is 30.1. The van der Waals surface area contributed by atoms with E-state index in [0.29, 0.717) is 31.8 Å². The van der Waals surface area contributed by atoms with E-state index in [1.165, 1.54) is 0 Å². The van der Waals surface area contributed by atoms with Gasteiger partial charge in [0.25, 0.3) is 0 Å². The Labute approximate surface area is 251 Å². The number of carbonyl (C=O) groups excluding carboxylic acids is 2. The number of aryl methyl sites for hydroxylation is 1. The molecule has 10 heteroatoms. The van der Waals surface area contributed by atoms with Gasteiger partial charge in [-0.05, 0) is 79.3 Å². The summed E-state index contributed by atoms with van der Waals surface area (Å²) < 4.78 is 0. The van der Waals surface area contributed by atoms with Crippen molar-refractivity contribution >= 4 is 17.5 Å². The summed E-state index contributed by atoms with van der Waals surface area (Å²) in [6, 6.07) is 23.3. The number of anilines is 1. The molecule has 1 atom stereocenters. The number of aromatic amines is 1. The van der Waals surface area contributed by atoms with Crippen molar-refractivity contribution in [3.63, 3.8) is 0 Å². The molecule has 1 aliphatic rings. The molecule has 0 unspecified atom stereocenters. The van der Waals surface area contributed by atoms with Crippen LogP contribution in [-0.4, -0.2) is 61.3 Å². The zero-order valence-corrected chi connectivity index (χ0v) is 25.1. The lowest BCUT2D eigenvalue weighted by Gasteiger charge is -2.31. The summed E-state index contributed by atoms with van der Waals surface area (Å²) in [5.74, 6) is 0.256. The average Bonchev–Trinajstić information content (AvgIpc) is 3.48. The highest BCUT2D eigenvalue weighted by Crippen LogP contribution is 2.32. The van der Waals surface area contributed by atoms with E-state index in [-0.39, 0.29) is 18.2 Å². The Kier molecular flexibility index (Phi) is 8.70. The molecule has 0 aliphatic carbocycles. The van der Waals surface area contributed by atoms with Crippen LogP contribution in [-0.2, 0) is 22.6 Å². The van der Waals surface area contributed by atoms with Gasteiger partial charge >= 0.3 is 0 Å². The fraction of sp³-hybridized carbons (Fsp3) is 0.364. The maximum atomic E-state index is 14.0. The third-order valence-corrected chi connectivity index (χ3v) is 7.62. The van der Waals surface area contributed by atoms with E-state index < -0.39 is 17.2 Å². The molecule has 0 bridgehead atoms. The van der Waals surface area contributed by atoms with Crippen molar-refractivity contribution in [2.24, 2.45) is 0 Å². The number of fused-ring (bicyclic) bond motifs is 1. The van der Waals surface area contributed by atoms with Gasteiger partial charge in [0.05, 0.1) is 12.1 Å². The maximum Gasteiger partial charge on any atom is 0.249 e. The number of hydrogen-bond donors (Lipinski definition) is 4. The third kappa shape index (κ3) is 7.52. The smallest absolute Gasteiger partial charge is 0.249 e. The Morgan fingerprint density at radius 3 is 2.40 bits per heavy atom. The van der Waals surface area contributed by atoms with E-state index >= 15 is 0 Å². The van der Waals surface area contributed by atoms with Crippen LogP contribution in [0.2, 0.25) is 0 Å². The fourth-order valence-electron chi connectivity index (χ4n) is 5.36. The number of rotatable bonds is 10. The van der Waals surface area contributed by atoms with E-state index in [1.807, 2.05) is 86.6 Å². The number of carbonyl (C=O) groups is 2. The lowest BCUT2D eigenvalue weighted by atomic mass is 9.97. The quantitative estimate of drug-likeness (QED) is 0.222. The number of H-pyrrole nitrogens is 1.